The summed E-state index contributed by atoms with van der Waals surface area (Å²) in [6.07, 6.45) is 9.80. The molecule has 1 N–H and O–H groups in total. The summed E-state index contributed by atoms with van der Waals surface area (Å²) in [7, 11) is 0. The number of ether oxygens (including phenoxy) is 1. The summed E-state index contributed by atoms with van der Waals surface area (Å²) in [5, 5.41) is 3.31. The molecule has 3 heteroatoms. The minimum absolute atomic E-state index is 0.0593. The molecule has 2 aliphatic carbocycles. The summed E-state index contributed by atoms with van der Waals surface area (Å²) in [4.78, 5) is 11.7. The maximum atomic E-state index is 11.7. The second-order valence-electron chi connectivity index (χ2n) is 5.75. The third-order valence-electron chi connectivity index (χ3n) is 4.08. The zero-order chi connectivity index (χ0) is 12.1. The Balaban J connectivity index is 1.62. The van der Waals surface area contributed by atoms with Crippen molar-refractivity contribution in [3.05, 3.63) is 0 Å². The van der Waals surface area contributed by atoms with Gasteiger partial charge in [-0.05, 0) is 38.0 Å². The molecule has 0 amide bonds. The van der Waals surface area contributed by atoms with Gasteiger partial charge >= 0.3 is 5.97 Å². The largest absolute Gasteiger partial charge is 0.461 e. The lowest BCUT2D eigenvalue weighted by atomic mass is 9.89. The van der Waals surface area contributed by atoms with Gasteiger partial charge in [0.05, 0.1) is 6.54 Å². The molecule has 17 heavy (non-hydrogen) atoms. The summed E-state index contributed by atoms with van der Waals surface area (Å²) in [5.41, 5.74) is 0. The molecule has 0 aromatic carbocycles. The van der Waals surface area contributed by atoms with Gasteiger partial charge in [0.15, 0.2) is 0 Å². The predicted molar refractivity (Wildman–Crippen MR) is 67.8 cm³/mol. The Kier molecular flexibility index (Phi) is 4.84. The average Bonchev–Trinajstić information content (AvgIpc) is 2.79. The van der Waals surface area contributed by atoms with Gasteiger partial charge in [-0.15, -0.1) is 0 Å². The van der Waals surface area contributed by atoms with Gasteiger partial charge in [-0.25, -0.2) is 0 Å². The van der Waals surface area contributed by atoms with Gasteiger partial charge in [-0.3, -0.25) is 4.79 Å². The second-order valence-corrected chi connectivity index (χ2v) is 5.75. The summed E-state index contributed by atoms with van der Waals surface area (Å²) in [6, 6.07) is 0.549. The van der Waals surface area contributed by atoms with Crippen LogP contribution in [0.3, 0.4) is 0 Å². The third-order valence-corrected chi connectivity index (χ3v) is 4.08. The Hall–Kier alpha value is -0.570. The van der Waals surface area contributed by atoms with Crippen molar-refractivity contribution in [2.45, 2.75) is 70.4 Å². The highest BCUT2D eigenvalue weighted by Gasteiger charge is 2.22. The molecule has 0 radical (unpaired) electrons. The van der Waals surface area contributed by atoms with Gasteiger partial charge in [0.2, 0.25) is 0 Å². The second kappa shape index (κ2) is 6.39. The molecule has 3 nitrogen and oxygen atoms in total. The molecule has 0 bridgehead atoms. The number of nitrogens with one attached hydrogen (secondary N) is 1. The Morgan fingerprint density at radius 2 is 1.94 bits per heavy atom. The van der Waals surface area contributed by atoms with Crippen LogP contribution >= 0.6 is 0 Å². The van der Waals surface area contributed by atoms with Gasteiger partial charge < -0.3 is 10.1 Å². The van der Waals surface area contributed by atoms with Crippen LogP contribution < -0.4 is 5.32 Å². The zero-order valence-corrected chi connectivity index (χ0v) is 10.9. The van der Waals surface area contributed by atoms with E-state index in [-0.39, 0.29) is 12.1 Å². The number of rotatable bonds is 4. The van der Waals surface area contributed by atoms with E-state index in [4.69, 9.17) is 4.74 Å². The minimum Gasteiger partial charge on any atom is -0.461 e. The van der Waals surface area contributed by atoms with Crippen LogP contribution in [0.15, 0.2) is 0 Å². The van der Waals surface area contributed by atoms with Crippen molar-refractivity contribution in [3.8, 4) is 0 Å². The fourth-order valence-electron chi connectivity index (χ4n) is 3.07. The van der Waals surface area contributed by atoms with Crippen molar-refractivity contribution >= 4 is 5.97 Å². The zero-order valence-electron chi connectivity index (χ0n) is 10.9. The number of hydrogen-bond acceptors (Lipinski definition) is 3. The van der Waals surface area contributed by atoms with E-state index in [1.807, 2.05) is 0 Å². The van der Waals surface area contributed by atoms with Crippen molar-refractivity contribution < 1.29 is 9.53 Å². The summed E-state index contributed by atoms with van der Waals surface area (Å²) in [5.74, 6) is 0.653. The molecule has 2 atom stereocenters. The van der Waals surface area contributed by atoms with Crippen LogP contribution in [0, 0.1) is 5.92 Å². The van der Waals surface area contributed by atoms with Crippen LogP contribution in [0.2, 0.25) is 0 Å². The SMILES string of the molecule is CC1CCCC(OC(=O)CNC2CCCC2)C1. The fourth-order valence-corrected chi connectivity index (χ4v) is 3.07. The number of carbonyl (C=O) groups is 1. The number of hydrogen-bond donors (Lipinski definition) is 1. The van der Waals surface area contributed by atoms with Crippen LogP contribution in [0.5, 0.6) is 0 Å². The highest BCUT2D eigenvalue weighted by atomic mass is 16.5. The fraction of sp³-hybridized carbons (Fsp3) is 0.929. The maximum Gasteiger partial charge on any atom is 0.320 e. The Morgan fingerprint density at radius 3 is 2.65 bits per heavy atom. The lowest BCUT2D eigenvalue weighted by Crippen LogP contribution is -2.35. The minimum atomic E-state index is -0.0593. The smallest absolute Gasteiger partial charge is 0.320 e. The summed E-state index contributed by atoms with van der Waals surface area (Å²) in [6.45, 7) is 2.65. The van der Waals surface area contributed by atoms with Gasteiger partial charge in [0.25, 0.3) is 0 Å². The standard InChI is InChI=1S/C14H25NO2/c1-11-5-4-8-13(9-11)17-14(16)10-15-12-6-2-3-7-12/h11-13,15H,2-10H2,1H3. The van der Waals surface area contributed by atoms with Crippen molar-refractivity contribution in [1.29, 1.82) is 0 Å². The van der Waals surface area contributed by atoms with Gasteiger partial charge in [-0.1, -0.05) is 26.2 Å². The molecule has 0 aliphatic heterocycles. The first-order chi connectivity index (χ1) is 8.24. The quantitative estimate of drug-likeness (QED) is 0.766. The highest BCUT2D eigenvalue weighted by molar-refractivity contribution is 5.71. The molecule has 98 valence electrons. The lowest BCUT2D eigenvalue weighted by Gasteiger charge is -2.26. The van der Waals surface area contributed by atoms with Crippen molar-refractivity contribution in [2.75, 3.05) is 6.54 Å². The predicted octanol–water partition coefficient (Wildman–Crippen LogP) is 2.64. The average molecular weight is 239 g/mol. The monoisotopic (exact) mass is 239 g/mol. The molecule has 2 rings (SSSR count). The molecular formula is C14H25NO2. The summed E-state index contributed by atoms with van der Waals surface area (Å²) >= 11 is 0. The molecule has 0 heterocycles. The Labute approximate surface area is 104 Å². The van der Waals surface area contributed by atoms with Gasteiger partial charge in [0, 0.05) is 6.04 Å². The van der Waals surface area contributed by atoms with E-state index in [2.05, 4.69) is 12.2 Å². The van der Waals surface area contributed by atoms with Crippen LogP contribution in [0.4, 0.5) is 0 Å². The summed E-state index contributed by atoms with van der Waals surface area (Å²) < 4.78 is 5.52. The van der Waals surface area contributed by atoms with E-state index in [0.717, 1.165) is 12.8 Å². The first-order valence-electron chi connectivity index (χ1n) is 7.17. The van der Waals surface area contributed by atoms with Crippen LogP contribution in [-0.2, 0) is 9.53 Å². The molecule has 0 aromatic rings. The van der Waals surface area contributed by atoms with Crippen LogP contribution in [-0.4, -0.2) is 24.7 Å². The molecule has 2 aliphatic rings. The molecule has 2 saturated carbocycles. The molecule has 0 aromatic heterocycles. The number of esters is 1. The van der Waals surface area contributed by atoms with Crippen molar-refractivity contribution in [3.63, 3.8) is 0 Å². The Morgan fingerprint density at radius 1 is 1.18 bits per heavy atom. The topological polar surface area (TPSA) is 38.3 Å². The Bertz CT molecular complexity index is 249. The van der Waals surface area contributed by atoms with E-state index < -0.39 is 0 Å². The van der Waals surface area contributed by atoms with Crippen molar-refractivity contribution in [2.24, 2.45) is 5.92 Å². The van der Waals surface area contributed by atoms with Gasteiger partial charge in [-0.2, -0.15) is 0 Å². The first-order valence-corrected chi connectivity index (χ1v) is 7.17. The van der Waals surface area contributed by atoms with E-state index in [1.54, 1.807) is 0 Å². The van der Waals surface area contributed by atoms with Crippen LogP contribution in [0.1, 0.15) is 58.3 Å². The third kappa shape index (κ3) is 4.30. The van der Waals surface area contributed by atoms with Gasteiger partial charge in [0.1, 0.15) is 6.10 Å². The maximum absolute atomic E-state index is 11.7. The molecular weight excluding hydrogens is 214 g/mol. The van der Waals surface area contributed by atoms with Crippen molar-refractivity contribution in [1.82, 2.24) is 5.32 Å². The molecule has 2 unspecified atom stereocenters. The van der Waals surface area contributed by atoms with E-state index >= 15 is 0 Å². The molecule has 2 fully saturated rings. The van der Waals surface area contributed by atoms with Crippen LogP contribution in [0.25, 0.3) is 0 Å². The first kappa shape index (κ1) is 12.9. The highest BCUT2D eigenvalue weighted by Crippen LogP contribution is 2.25. The van der Waals surface area contributed by atoms with E-state index in [0.29, 0.717) is 18.5 Å². The number of carbonyl (C=O) groups excluding carboxylic acids is 1. The van der Waals surface area contributed by atoms with E-state index in [1.165, 1.54) is 38.5 Å². The normalized spacial score (nSPS) is 30.4. The molecule has 0 saturated heterocycles. The molecule has 0 spiro atoms. The lowest BCUT2D eigenvalue weighted by molar-refractivity contribution is -0.150. The van der Waals surface area contributed by atoms with E-state index in [9.17, 15) is 4.79 Å².